The van der Waals surface area contributed by atoms with E-state index in [2.05, 4.69) is 29.3 Å². The van der Waals surface area contributed by atoms with Crippen LogP contribution >= 0.6 is 0 Å². The minimum absolute atomic E-state index is 0.621. The monoisotopic (exact) mass is 287 g/mol. The van der Waals surface area contributed by atoms with Crippen LogP contribution in [-0.2, 0) is 6.54 Å². The Morgan fingerprint density at radius 1 is 1.48 bits per heavy atom. The van der Waals surface area contributed by atoms with E-state index in [1.807, 2.05) is 12.1 Å². The van der Waals surface area contributed by atoms with Crippen molar-refractivity contribution in [2.24, 2.45) is 5.92 Å². The number of hydrogen-bond donors (Lipinski definition) is 1. The maximum atomic E-state index is 9.17. The summed E-state index contributed by atoms with van der Waals surface area (Å²) in [6.07, 6.45) is 2.58. The molecule has 4 nitrogen and oxygen atoms in total. The van der Waals surface area contributed by atoms with Crippen molar-refractivity contribution in [3.05, 3.63) is 29.3 Å². The van der Waals surface area contributed by atoms with Crippen LogP contribution in [0.2, 0.25) is 0 Å². The molecule has 1 heterocycles. The Morgan fingerprint density at radius 3 is 3.05 bits per heavy atom. The molecule has 2 rings (SSSR count). The summed E-state index contributed by atoms with van der Waals surface area (Å²) in [4.78, 5) is 2.49. The van der Waals surface area contributed by atoms with Crippen LogP contribution in [-0.4, -0.2) is 38.2 Å². The lowest BCUT2D eigenvalue weighted by Gasteiger charge is -2.33. The first-order valence-electron chi connectivity index (χ1n) is 7.77. The van der Waals surface area contributed by atoms with Crippen molar-refractivity contribution in [2.45, 2.75) is 26.3 Å². The van der Waals surface area contributed by atoms with Crippen molar-refractivity contribution in [1.82, 2.24) is 10.2 Å². The van der Waals surface area contributed by atoms with Gasteiger partial charge in [0.25, 0.3) is 0 Å². The smallest absolute Gasteiger partial charge is 0.136 e. The zero-order valence-electron chi connectivity index (χ0n) is 13.1. The molecule has 4 heteroatoms. The van der Waals surface area contributed by atoms with E-state index in [4.69, 9.17) is 10.00 Å². The quantitative estimate of drug-likeness (QED) is 0.873. The van der Waals surface area contributed by atoms with Gasteiger partial charge < -0.3 is 10.1 Å². The highest BCUT2D eigenvalue weighted by molar-refractivity contribution is 5.45. The van der Waals surface area contributed by atoms with Gasteiger partial charge in [-0.15, -0.1) is 0 Å². The molecule has 1 aromatic rings. The lowest BCUT2D eigenvalue weighted by atomic mass is 9.97. The number of ether oxygens (including phenoxy) is 1. The fraction of sp³-hybridized carbons (Fsp3) is 0.588. The minimum Gasteiger partial charge on any atom is -0.495 e. The van der Waals surface area contributed by atoms with Crippen LogP contribution in [0.15, 0.2) is 18.2 Å². The molecular formula is C17H25N3O. The fourth-order valence-corrected chi connectivity index (χ4v) is 3.01. The van der Waals surface area contributed by atoms with Crippen LogP contribution in [0.1, 0.15) is 30.9 Å². The largest absolute Gasteiger partial charge is 0.495 e. The van der Waals surface area contributed by atoms with E-state index in [-0.39, 0.29) is 0 Å². The first-order chi connectivity index (χ1) is 10.3. The first kappa shape index (κ1) is 15.8. The van der Waals surface area contributed by atoms with Gasteiger partial charge in [0.2, 0.25) is 0 Å². The Kier molecular flexibility index (Phi) is 6.04. The van der Waals surface area contributed by atoms with Crippen molar-refractivity contribution in [3.63, 3.8) is 0 Å². The van der Waals surface area contributed by atoms with Crippen molar-refractivity contribution in [1.29, 1.82) is 5.26 Å². The molecule has 0 radical (unpaired) electrons. The maximum absolute atomic E-state index is 9.17. The van der Waals surface area contributed by atoms with E-state index < -0.39 is 0 Å². The lowest BCUT2D eigenvalue weighted by molar-refractivity contribution is 0.166. The summed E-state index contributed by atoms with van der Waals surface area (Å²) in [6.45, 7) is 7.51. The number of nitriles is 1. The summed E-state index contributed by atoms with van der Waals surface area (Å²) in [5, 5.41) is 12.6. The highest BCUT2D eigenvalue weighted by Gasteiger charge is 2.19. The number of piperidine rings is 1. The van der Waals surface area contributed by atoms with Crippen LogP contribution in [0.4, 0.5) is 0 Å². The average molecular weight is 287 g/mol. The van der Waals surface area contributed by atoms with Crippen molar-refractivity contribution >= 4 is 0 Å². The second-order valence-electron chi connectivity index (χ2n) is 5.70. The van der Waals surface area contributed by atoms with Gasteiger partial charge in [0, 0.05) is 13.1 Å². The third-order valence-corrected chi connectivity index (χ3v) is 4.08. The predicted octanol–water partition coefficient (Wildman–Crippen LogP) is 2.39. The van der Waals surface area contributed by atoms with Gasteiger partial charge in [-0.1, -0.05) is 13.0 Å². The molecule has 0 spiro atoms. The Hall–Kier alpha value is -1.57. The van der Waals surface area contributed by atoms with Crippen LogP contribution < -0.4 is 10.1 Å². The van der Waals surface area contributed by atoms with Gasteiger partial charge in [0.15, 0.2) is 0 Å². The number of methoxy groups -OCH3 is 1. The number of nitrogens with zero attached hydrogens (tertiary/aromatic N) is 2. The molecule has 1 fully saturated rings. The third-order valence-electron chi connectivity index (χ3n) is 4.08. The molecule has 1 N–H and O–H groups in total. The third kappa shape index (κ3) is 4.45. The summed E-state index contributed by atoms with van der Waals surface area (Å²) >= 11 is 0. The molecule has 0 aromatic heterocycles. The molecule has 21 heavy (non-hydrogen) atoms. The zero-order chi connectivity index (χ0) is 15.1. The van der Waals surface area contributed by atoms with E-state index in [1.165, 1.54) is 18.4 Å². The molecule has 0 bridgehead atoms. The van der Waals surface area contributed by atoms with Gasteiger partial charge in [0.1, 0.15) is 11.8 Å². The second kappa shape index (κ2) is 8.02. The van der Waals surface area contributed by atoms with Gasteiger partial charge in [-0.3, -0.25) is 4.90 Å². The molecule has 114 valence electrons. The van der Waals surface area contributed by atoms with Crippen LogP contribution in [0.25, 0.3) is 0 Å². The van der Waals surface area contributed by atoms with Crippen molar-refractivity contribution in [3.8, 4) is 11.8 Å². The van der Waals surface area contributed by atoms with Gasteiger partial charge in [-0.25, -0.2) is 0 Å². The SMILES string of the molecule is CCNCC1CCCN(Cc2ccc(OC)c(C#N)c2)C1. The molecule has 0 amide bonds. The standard InChI is InChI=1S/C17H25N3O/c1-3-19-11-15-5-4-8-20(13-15)12-14-6-7-17(21-2)16(9-14)10-18/h6-7,9,15,19H,3-5,8,11-13H2,1-2H3. The highest BCUT2D eigenvalue weighted by atomic mass is 16.5. The Bertz CT molecular complexity index is 495. The molecular weight excluding hydrogens is 262 g/mol. The average Bonchev–Trinajstić information content (AvgIpc) is 2.53. The van der Waals surface area contributed by atoms with Gasteiger partial charge in [-0.05, 0) is 56.1 Å². The molecule has 0 saturated carbocycles. The highest BCUT2D eigenvalue weighted by Crippen LogP contribution is 2.22. The van der Waals surface area contributed by atoms with Gasteiger partial charge in [-0.2, -0.15) is 5.26 Å². The fourth-order valence-electron chi connectivity index (χ4n) is 3.01. The van der Waals surface area contributed by atoms with Crippen molar-refractivity contribution in [2.75, 3.05) is 33.3 Å². The minimum atomic E-state index is 0.621. The zero-order valence-corrected chi connectivity index (χ0v) is 13.1. The van der Waals surface area contributed by atoms with E-state index in [0.29, 0.717) is 11.3 Å². The number of likely N-dealkylation sites (tertiary alicyclic amines) is 1. The number of nitrogens with one attached hydrogen (secondary N) is 1. The number of rotatable bonds is 6. The van der Waals surface area contributed by atoms with E-state index in [9.17, 15) is 0 Å². The maximum Gasteiger partial charge on any atom is 0.136 e. The predicted molar refractivity (Wildman–Crippen MR) is 84.3 cm³/mol. The van der Waals surface area contributed by atoms with Crippen LogP contribution in [0.5, 0.6) is 5.75 Å². The normalized spacial score (nSPS) is 19.2. The van der Waals surface area contributed by atoms with Crippen molar-refractivity contribution < 1.29 is 4.74 Å². The van der Waals surface area contributed by atoms with E-state index in [0.717, 1.165) is 38.6 Å². The summed E-state index contributed by atoms with van der Waals surface area (Å²) in [6, 6.07) is 8.12. The molecule has 0 aliphatic carbocycles. The summed E-state index contributed by atoms with van der Waals surface area (Å²) < 4.78 is 5.20. The van der Waals surface area contributed by atoms with Gasteiger partial charge >= 0.3 is 0 Å². The molecule has 1 atom stereocenters. The van der Waals surface area contributed by atoms with E-state index >= 15 is 0 Å². The second-order valence-corrected chi connectivity index (χ2v) is 5.70. The Morgan fingerprint density at radius 2 is 2.33 bits per heavy atom. The Balaban J connectivity index is 1.96. The van der Waals surface area contributed by atoms with Gasteiger partial charge in [0.05, 0.1) is 12.7 Å². The lowest BCUT2D eigenvalue weighted by Crippen LogP contribution is -2.39. The molecule has 1 aromatic carbocycles. The number of benzene rings is 1. The van der Waals surface area contributed by atoms with Crippen LogP contribution in [0, 0.1) is 17.2 Å². The van der Waals surface area contributed by atoms with E-state index in [1.54, 1.807) is 7.11 Å². The molecule has 1 unspecified atom stereocenters. The molecule has 1 aliphatic rings. The number of hydrogen-bond acceptors (Lipinski definition) is 4. The summed E-state index contributed by atoms with van der Waals surface area (Å²) in [7, 11) is 1.60. The summed E-state index contributed by atoms with van der Waals surface area (Å²) in [5.41, 5.74) is 1.81. The first-order valence-corrected chi connectivity index (χ1v) is 7.77. The molecule has 1 aliphatic heterocycles. The topological polar surface area (TPSA) is 48.3 Å². The summed E-state index contributed by atoms with van der Waals surface area (Å²) in [5.74, 6) is 1.40. The molecule has 1 saturated heterocycles. The van der Waals surface area contributed by atoms with Crippen LogP contribution in [0.3, 0.4) is 0 Å². The Labute approximate surface area is 127 Å².